The van der Waals surface area contributed by atoms with Gasteiger partial charge in [-0.2, -0.15) is 0 Å². The minimum absolute atomic E-state index is 0.0404. The summed E-state index contributed by atoms with van der Waals surface area (Å²) >= 11 is 0. The number of benzene rings is 1. The molecule has 9 heteroatoms. The van der Waals surface area contributed by atoms with Crippen molar-refractivity contribution < 1.29 is 26.3 Å². The van der Waals surface area contributed by atoms with Gasteiger partial charge in [0.15, 0.2) is 0 Å². The van der Waals surface area contributed by atoms with Crippen molar-refractivity contribution in [2.45, 2.75) is 18.0 Å². The molecular formula is C11H13F3N2O3S. The molecule has 1 aliphatic rings. The molecule has 1 fully saturated rings. The summed E-state index contributed by atoms with van der Waals surface area (Å²) in [6.45, 7) is 0.927. The molecule has 0 aliphatic carbocycles. The number of alkyl halides is 3. The maximum Gasteiger partial charge on any atom is 0.573 e. The zero-order valence-corrected chi connectivity index (χ0v) is 11.1. The van der Waals surface area contributed by atoms with E-state index in [9.17, 15) is 21.6 Å². The number of hydrogen-bond acceptors (Lipinski definition) is 4. The molecule has 2 rings (SSSR count). The van der Waals surface area contributed by atoms with Gasteiger partial charge in [-0.05, 0) is 25.1 Å². The standard InChI is InChI=1S/C11H13F3N2O3S/c12-11(13,14)19-9-3-1-2-8(6-9)16-20(17,18)10-4-5-15-7-10/h1-3,6,10,15-16H,4-5,7H2. The normalized spacial score (nSPS) is 19.9. The molecule has 0 bridgehead atoms. The molecule has 5 nitrogen and oxygen atoms in total. The van der Waals surface area contributed by atoms with Crippen molar-refractivity contribution in [2.75, 3.05) is 17.8 Å². The number of hydrogen-bond donors (Lipinski definition) is 2. The first-order valence-electron chi connectivity index (χ1n) is 5.84. The summed E-state index contributed by atoms with van der Waals surface area (Å²) in [5, 5.41) is 2.33. The summed E-state index contributed by atoms with van der Waals surface area (Å²) in [5.74, 6) is -0.470. The molecule has 1 atom stereocenters. The predicted molar refractivity (Wildman–Crippen MR) is 66.9 cm³/mol. The van der Waals surface area contributed by atoms with Crippen LogP contribution in [0.2, 0.25) is 0 Å². The van der Waals surface area contributed by atoms with Crippen LogP contribution in [0.5, 0.6) is 5.75 Å². The fourth-order valence-corrected chi connectivity index (χ4v) is 3.28. The van der Waals surface area contributed by atoms with Gasteiger partial charge in [0.05, 0.1) is 10.9 Å². The molecule has 0 amide bonds. The van der Waals surface area contributed by atoms with Crippen molar-refractivity contribution in [3.8, 4) is 5.75 Å². The Morgan fingerprint density at radius 1 is 1.35 bits per heavy atom. The summed E-state index contributed by atoms with van der Waals surface area (Å²) in [7, 11) is -3.62. The minimum atomic E-state index is -4.81. The maximum absolute atomic E-state index is 12.1. The van der Waals surface area contributed by atoms with Gasteiger partial charge in [0, 0.05) is 12.6 Å². The van der Waals surface area contributed by atoms with E-state index in [0.29, 0.717) is 19.5 Å². The summed E-state index contributed by atoms with van der Waals surface area (Å²) in [5.41, 5.74) is 0.0404. The molecule has 1 heterocycles. The van der Waals surface area contributed by atoms with Crippen LogP contribution in [0.3, 0.4) is 0 Å². The fraction of sp³-hybridized carbons (Fsp3) is 0.455. The lowest BCUT2D eigenvalue weighted by Gasteiger charge is -2.14. The van der Waals surface area contributed by atoms with E-state index < -0.39 is 27.4 Å². The van der Waals surface area contributed by atoms with E-state index in [1.54, 1.807) is 0 Å². The number of nitrogens with one attached hydrogen (secondary N) is 2. The van der Waals surface area contributed by atoms with Crippen LogP contribution in [0.15, 0.2) is 24.3 Å². The van der Waals surface area contributed by atoms with Gasteiger partial charge >= 0.3 is 6.36 Å². The van der Waals surface area contributed by atoms with Crippen LogP contribution >= 0.6 is 0 Å². The van der Waals surface area contributed by atoms with Gasteiger partial charge in [-0.1, -0.05) is 6.07 Å². The second kappa shape index (κ2) is 5.49. The quantitative estimate of drug-likeness (QED) is 0.888. The largest absolute Gasteiger partial charge is 0.573 e. The smallest absolute Gasteiger partial charge is 0.406 e. The lowest BCUT2D eigenvalue weighted by Crippen LogP contribution is -2.29. The zero-order valence-electron chi connectivity index (χ0n) is 10.3. The number of ether oxygens (including phenoxy) is 1. The highest BCUT2D eigenvalue weighted by Gasteiger charge is 2.32. The van der Waals surface area contributed by atoms with Gasteiger partial charge < -0.3 is 10.1 Å². The van der Waals surface area contributed by atoms with Crippen molar-refractivity contribution in [3.63, 3.8) is 0 Å². The molecule has 1 aromatic carbocycles. The summed E-state index contributed by atoms with van der Waals surface area (Å²) in [6.07, 6.45) is -4.35. The number of anilines is 1. The molecule has 1 aliphatic heterocycles. The van der Waals surface area contributed by atoms with Gasteiger partial charge in [0.25, 0.3) is 0 Å². The Morgan fingerprint density at radius 3 is 2.70 bits per heavy atom. The second-order valence-corrected chi connectivity index (χ2v) is 6.30. The molecule has 0 aromatic heterocycles. The molecule has 1 saturated heterocycles. The fourth-order valence-electron chi connectivity index (χ4n) is 1.90. The Labute approximate surface area is 114 Å². The minimum Gasteiger partial charge on any atom is -0.406 e. The first-order chi connectivity index (χ1) is 9.26. The lowest BCUT2D eigenvalue weighted by atomic mass is 10.3. The number of sulfonamides is 1. The molecule has 20 heavy (non-hydrogen) atoms. The lowest BCUT2D eigenvalue weighted by molar-refractivity contribution is -0.274. The van der Waals surface area contributed by atoms with Crippen molar-refractivity contribution in [3.05, 3.63) is 24.3 Å². The molecule has 112 valence electrons. The van der Waals surface area contributed by atoms with Crippen LogP contribution in [0.25, 0.3) is 0 Å². The highest BCUT2D eigenvalue weighted by molar-refractivity contribution is 7.93. The Bertz CT molecular complexity index is 569. The van der Waals surface area contributed by atoms with Crippen LogP contribution in [0.4, 0.5) is 18.9 Å². The molecule has 1 aromatic rings. The molecular weight excluding hydrogens is 297 g/mol. The Kier molecular flexibility index (Phi) is 4.09. The molecule has 0 spiro atoms. The van der Waals surface area contributed by atoms with Crippen molar-refractivity contribution >= 4 is 15.7 Å². The van der Waals surface area contributed by atoms with E-state index >= 15 is 0 Å². The average Bonchev–Trinajstić information content (AvgIpc) is 2.80. The van der Waals surface area contributed by atoms with Gasteiger partial charge in [-0.3, -0.25) is 4.72 Å². The van der Waals surface area contributed by atoms with E-state index in [4.69, 9.17) is 0 Å². The summed E-state index contributed by atoms with van der Waals surface area (Å²) in [6, 6.07) is 4.74. The zero-order chi connectivity index (χ0) is 14.8. The Hall–Kier alpha value is -1.48. The third-order valence-electron chi connectivity index (χ3n) is 2.78. The molecule has 1 unspecified atom stereocenters. The predicted octanol–water partition coefficient (Wildman–Crippen LogP) is 1.69. The second-order valence-electron chi connectivity index (χ2n) is 4.34. The van der Waals surface area contributed by atoms with E-state index in [0.717, 1.165) is 12.1 Å². The van der Waals surface area contributed by atoms with Gasteiger partial charge in [-0.15, -0.1) is 13.2 Å². The number of rotatable bonds is 4. The topological polar surface area (TPSA) is 67.4 Å². The van der Waals surface area contributed by atoms with Crippen LogP contribution in [0.1, 0.15) is 6.42 Å². The van der Waals surface area contributed by atoms with E-state index in [1.165, 1.54) is 12.1 Å². The third-order valence-corrected chi connectivity index (χ3v) is 4.58. The average molecular weight is 310 g/mol. The monoisotopic (exact) mass is 310 g/mol. The van der Waals surface area contributed by atoms with E-state index in [2.05, 4.69) is 14.8 Å². The Morgan fingerprint density at radius 2 is 2.10 bits per heavy atom. The Balaban J connectivity index is 2.11. The van der Waals surface area contributed by atoms with Crippen LogP contribution < -0.4 is 14.8 Å². The van der Waals surface area contributed by atoms with Crippen LogP contribution in [-0.4, -0.2) is 33.1 Å². The van der Waals surface area contributed by atoms with Crippen LogP contribution in [-0.2, 0) is 10.0 Å². The third kappa shape index (κ3) is 4.01. The first-order valence-corrected chi connectivity index (χ1v) is 7.39. The van der Waals surface area contributed by atoms with Crippen molar-refractivity contribution in [1.82, 2.24) is 5.32 Å². The summed E-state index contributed by atoms with van der Waals surface area (Å²) in [4.78, 5) is 0. The van der Waals surface area contributed by atoms with Crippen molar-refractivity contribution in [2.24, 2.45) is 0 Å². The van der Waals surface area contributed by atoms with E-state index in [-0.39, 0.29) is 5.69 Å². The number of halogens is 3. The van der Waals surface area contributed by atoms with Gasteiger partial charge in [-0.25, -0.2) is 8.42 Å². The van der Waals surface area contributed by atoms with Gasteiger partial charge in [0.1, 0.15) is 5.75 Å². The SMILES string of the molecule is O=S(=O)(Nc1cccc(OC(F)(F)F)c1)C1CCNC1. The first kappa shape index (κ1) is 14.9. The molecule has 2 N–H and O–H groups in total. The molecule has 0 saturated carbocycles. The van der Waals surface area contributed by atoms with Crippen LogP contribution in [0, 0.1) is 0 Å². The highest BCUT2D eigenvalue weighted by Crippen LogP contribution is 2.26. The molecule has 0 radical (unpaired) electrons. The summed E-state index contributed by atoms with van der Waals surface area (Å²) < 4.78 is 66.2. The van der Waals surface area contributed by atoms with E-state index in [1.807, 2.05) is 0 Å². The van der Waals surface area contributed by atoms with Crippen molar-refractivity contribution in [1.29, 1.82) is 0 Å². The highest BCUT2D eigenvalue weighted by atomic mass is 32.2. The van der Waals surface area contributed by atoms with Gasteiger partial charge in [0.2, 0.25) is 10.0 Å². The maximum atomic E-state index is 12.1.